The van der Waals surface area contributed by atoms with Crippen LogP contribution in [0.2, 0.25) is 0 Å². The molecule has 0 radical (unpaired) electrons. The molecule has 3 rings (SSSR count). The van der Waals surface area contributed by atoms with Crippen molar-refractivity contribution in [3.05, 3.63) is 65.7 Å². The van der Waals surface area contributed by atoms with E-state index in [-0.39, 0.29) is 17.8 Å². The van der Waals surface area contributed by atoms with Gasteiger partial charge in [0.15, 0.2) is 0 Å². The lowest BCUT2D eigenvalue weighted by Crippen LogP contribution is -2.07. The topological polar surface area (TPSA) is 35.5 Å². The van der Waals surface area contributed by atoms with Gasteiger partial charge in [0, 0.05) is 5.92 Å². The zero-order valence-corrected chi connectivity index (χ0v) is 12.7. The molecule has 0 bridgehead atoms. The number of benzene rings is 2. The van der Waals surface area contributed by atoms with Crippen molar-refractivity contribution >= 4 is 5.97 Å². The summed E-state index contributed by atoms with van der Waals surface area (Å²) in [5, 5.41) is 0. The lowest BCUT2D eigenvalue weighted by Gasteiger charge is -2.11. The lowest BCUT2D eigenvalue weighted by atomic mass is 10.1. The van der Waals surface area contributed by atoms with E-state index in [9.17, 15) is 4.79 Å². The summed E-state index contributed by atoms with van der Waals surface area (Å²) < 4.78 is 11.1. The highest BCUT2D eigenvalue weighted by Gasteiger charge is 2.46. The van der Waals surface area contributed by atoms with Crippen LogP contribution in [-0.4, -0.2) is 12.6 Å². The van der Waals surface area contributed by atoms with Crippen LogP contribution in [0.5, 0.6) is 5.75 Å². The molecule has 3 nitrogen and oxygen atoms in total. The normalized spacial score (nSPS) is 19.5. The number of carbonyl (C=O) groups excluding carboxylic acids is 1. The molecule has 1 saturated carbocycles. The summed E-state index contributed by atoms with van der Waals surface area (Å²) in [6, 6.07) is 18.1. The SMILES string of the molecule is CCOC(=O)C1CC1c1ccccc1OCc1ccccc1. The number of hydrogen-bond donors (Lipinski definition) is 0. The lowest BCUT2D eigenvalue weighted by molar-refractivity contribution is -0.144. The summed E-state index contributed by atoms with van der Waals surface area (Å²) >= 11 is 0. The second-order valence-electron chi connectivity index (χ2n) is 5.51. The summed E-state index contributed by atoms with van der Waals surface area (Å²) in [7, 11) is 0. The number of hydrogen-bond acceptors (Lipinski definition) is 3. The number of ether oxygens (including phenoxy) is 2. The highest BCUT2D eigenvalue weighted by molar-refractivity contribution is 5.77. The van der Waals surface area contributed by atoms with Crippen molar-refractivity contribution in [3.63, 3.8) is 0 Å². The van der Waals surface area contributed by atoms with E-state index in [2.05, 4.69) is 0 Å². The molecule has 2 aromatic rings. The minimum atomic E-state index is -0.0923. The third-order valence-corrected chi connectivity index (χ3v) is 3.94. The second-order valence-corrected chi connectivity index (χ2v) is 5.51. The van der Waals surface area contributed by atoms with Crippen molar-refractivity contribution in [2.45, 2.75) is 25.9 Å². The molecule has 0 N–H and O–H groups in total. The van der Waals surface area contributed by atoms with Gasteiger partial charge >= 0.3 is 5.97 Å². The zero-order valence-electron chi connectivity index (χ0n) is 12.7. The average Bonchev–Trinajstić information content (AvgIpc) is 3.35. The largest absolute Gasteiger partial charge is 0.489 e. The van der Waals surface area contributed by atoms with Crippen LogP contribution >= 0.6 is 0 Å². The molecule has 0 heterocycles. The summed E-state index contributed by atoms with van der Waals surface area (Å²) in [5.41, 5.74) is 2.24. The zero-order chi connectivity index (χ0) is 15.4. The van der Waals surface area contributed by atoms with E-state index in [0.29, 0.717) is 13.2 Å². The number of rotatable bonds is 6. The van der Waals surface area contributed by atoms with Gasteiger partial charge in [-0.2, -0.15) is 0 Å². The molecule has 0 amide bonds. The molecule has 0 aliphatic heterocycles. The van der Waals surface area contributed by atoms with Gasteiger partial charge in [0.05, 0.1) is 12.5 Å². The molecule has 0 spiro atoms. The van der Waals surface area contributed by atoms with Crippen molar-refractivity contribution in [1.82, 2.24) is 0 Å². The Labute approximate surface area is 130 Å². The molecular weight excluding hydrogens is 276 g/mol. The summed E-state index contributed by atoms with van der Waals surface area (Å²) in [5.74, 6) is 0.987. The Kier molecular flexibility index (Phi) is 4.42. The first kappa shape index (κ1) is 14.6. The minimum Gasteiger partial charge on any atom is -0.489 e. The molecule has 0 aromatic heterocycles. The van der Waals surface area contributed by atoms with E-state index in [1.807, 2.05) is 61.5 Å². The van der Waals surface area contributed by atoms with Crippen LogP contribution in [-0.2, 0) is 16.1 Å². The quantitative estimate of drug-likeness (QED) is 0.758. The molecule has 114 valence electrons. The Morgan fingerprint density at radius 2 is 1.82 bits per heavy atom. The van der Waals surface area contributed by atoms with Crippen LogP contribution in [0, 0.1) is 5.92 Å². The van der Waals surface area contributed by atoms with Crippen LogP contribution in [0.25, 0.3) is 0 Å². The number of esters is 1. The Bertz CT molecular complexity index is 636. The summed E-state index contributed by atoms with van der Waals surface area (Å²) in [6.07, 6.45) is 0.852. The first-order chi connectivity index (χ1) is 10.8. The molecule has 2 aromatic carbocycles. The molecule has 3 heteroatoms. The third kappa shape index (κ3) is 3.30. The van der Waals surface area contributed by atoms with Crippen molar-refractivity contribution in [3.8, 4) is 5.75 Å². The van der Waals surface area contributed by atoms with Gasteiger partial charge in [-0.05, 0) is 30.5 Å². The standard InChI is InChI=1S/C19H20O3/c1-2-21-19(20)17-12-16(17)15-10-6-7-11-18(15)22-13-14-8-4-3-5-9-14/h3-11,16-17H,2,12-13H2,1H3. The predicted octanol–water partition coefficient (Wildman–Crippen LogP) is 3.93. The maximum absolute atomic E-state index is 11.8. The average molecular weight is 296 g/mol. The Morgan fingerprint density at radius 1 is 1.09 bits per heavy atom. The van der Waals surface area contributed by atoms with Crippen molar-refractivity contribution < 1.29 is 14.3 Å². The van der Waals surface area contributed by atoms with Crippen LogP contribution in [0.15, 0.2) is 54.6 Å². The fraction of sp³-hybridized carbons (Fsp3) is 0.316. The monoisotopic (exact) mass is 296 g/mol. The van der Waals surface area contributed by atoms with Crippen LogP contribution in [0.1, 0.15) is 30.4 Å². The van der Waals surface area contributed by atoms with Gasteiger partial charge in [-0.3, -0.25) is 4.79 Å². The molecule has 0 saturated heterocycles. The maximum Gasteiger partial charge on any atom is 0.309 e. The van der Waals surface area contributed by atoms with E-state index in [4.69, 9.17) is 9.47 Å². The molecule has 1 aliphatic carbocycles. The minimum absolute atomic E-state index is 0.0126. The van der Waals surface area contributed by atoms with Gasteiger partial charge in [-0.15, -0.1) is 0 Å². The predicted molar refractivity (Wildman–Crippen MR) is 84.7 cm³/mol. The highest BCUT2D eigenvalue weighted by Crippen LogP contribution is 2.51. The van der Waals surface area contributed by atoms with E-state index in [0.717, 1.165) is 23.3 Å². The van der Waals surface area contributed by atoms with E-state index >= 15 is 0 Å². The molecule has 2 atom stereocenters. The van der Waals surface area contributed by atoms with Crippen molar-refractivity contribution in [1.29, 1.82) is 0 Å². The summed E-state index contributed by atoms with van der Waals surface area (Å²) in [6.45, 7) is 2.81. The fourth-order valence-electron chi connectivity index (χ4n) is 2.70. The molecule has 1 fully saturated rings. The van der Waals surface area contributed by atoms with Crippen LogP contribution < -0.4 is 4.74 Å². The van der Waals surface area contributed by atoms with E-state index in [1.165, 1.54) is 0 Å². The smallest absolute Gasteiger partial charge is 0.309 e. The van der Waals surface area contributed by atoms with Crippen molar-refractivity contribution in [2.24, 2.45) is 5.92 Å². The van der Waals surface area contributed by atoms with Crippen LogP contribution in [0.4, 0.5) is 0 Å². The highest BCUT2D eigenvalue weighted by atomic mass is 16.5. The Morgan fingerprint density at radius 3 is 2.59 bits per heavy atom. The maximum atomic E-state index is 11.8. The first-order valence-corrected chi connectivity index (χ1v) is 7.72. The third-order valence-electron chi connectivity index (χ3n) is 3.94. The second kappa shape index (κ2) is 6.65. The van der Waals surface area contributed by atoms with Gasteiger partial charge in [0.25, 0.3) is 0 Å². The van der Waals surface area contributed by atoms with Gasteiger partial charge in [-0.1, -0.05) is 48.5 Å². The number of para-hydroxylation sites is 1. The number of carbonyl (C=O) groups is 1. The molecular formula is C19H20O3. The van der Waals surface area contributed by atoms with E-state index in [1.54, 1.807) is 0 Å². The Hall–Kier alpha value is -2.29. The van der Waals surface area contributed by atoms with E-state index < -0.39 is 0 Å². The van der Waals surface area contributed by atoms with Crippen LogP contribution in [0.3, 0.4) is 0 Å². The molecule has 1 aliphatic rings. The van der Waals surface area contributed by atoms with Gasteiger partial charge in [0.1, 0.15) is 12.4 Å². The Balaban J connectivity index is 1.68. The summed E-state index contributed by atoms with van der Waals surface area (Å²) in [4.78, 5) is 11.8. The molecule has 22 heavy (non-hydrogen) atoms. The van der Waals surface area contributed by atoms with Gasteiger partial charge in [0.2, 0.25) is 0 Å². The fourth-order valence-corrected chi connectivity index (χ4v) is 2.70. The first-order valence-electron chi connectivity index (χ1n) is 7.72. The van der Waals surface area contributed by atoms with Crippen molar-refractivity contribution in [2.75, 3.05) is 6.61 Å². The van der Waals surface area contributed by atoms with Gasteiger partial charge < -0.3 is 9.47 Å². The van der Waals surface area contributed by atoms with Gasteiger partial charge in [-0.25, -0.2) is 0 Å². The molecule has 2 unspecified atom stereocenters.